The Kier molecular flexibility index (Phi) is 3.41. The van der Waals surface area contributed by atoms with E-state index in [0.717, 1.165) is 49.9 Å². The zero-order valence-corrected chi connectivity index (χ0v) is 11.1. The third-order valence-corrected chi connectivity index (χ3v) is 3.39. The molecule has 0 spiro atoms. The van der Waals surface area contributed by atoms with Gasteiger partial charge in [-0.05, 0) is 25.1 Å². The van der Waals surface area contributed by atoms with Crippen LogP contribution in [0.3, 0.4) is 0 Å². The predicted molar refractivity (Wildman–Crippen MR) is 73.9 cm³/mol. The zero-order valence-electron chi connectivity index (χ0n) is 11.1. The van der Waals surface area contributed by atoms with Crippen LogP contribution in [0, 0.1) is 0 Å². The highest BCUT2D eigenvalue weighted by Crippen LogP contribution is 2.20. The molecule has 1 saturated heterocycles. The smallest absolute Gasteiger partial charge is 0.227 e. The van der Waals surface area contributed by atoms with E-state index in [-0.39, 0.29) is 0 Å². The van der Waals surface area contributed by atoms with Crippen molar-refractivity contribution in [2.24, 2.45) is 7.05 Å². The number of nitrogens with one attached hydrogen (secondary N) is 1. The van der Waals surface area contributed by atoms with E-state index in [0.29, 0.717) is 0 Å². The van der Waals surface area contributed by atoms with Gasteiger partial charge in [-0.1, -0.05) is 0 Å². The summed E-state index contributed by atoms with van der Waals surface area (Å²) in [7, 11) is 2.01. The van der Waals surface area contributed by atoms with Crippen molar-refractivity contribution in [3.8, 4) is 11.4 Å². The van der Waals surface area contributed by atoms with Crippen LogP contribution in [0.1, 0.15) is 6.42 Å². The molecule has 2 aromatic rings. The molecule has 0 aliphatic carbocycles. The molecule has 3 rings (SSSR count). The van der Waals surface area contributed by atoms with Crippen LogP contribution >= 0.6 is 0 Å². The first-order valence-electron chi connectivity index (χ1n) is 6.62. The summed E-state index contributed by atoms with van der Waals surface area (Å²) in [5, 5.41) is 12.0. The second kappa shape index (κ2) is 5.36. The van der Waals surface area contributed by atoms with E-state index in [1.807, 2.05) is 29.9 Å². The van der Waals surface area contributed by atoms with E-state index in [2.05, 4.69) is 25.4 Å². The summed E-state index contributed by atoms with van der Waals surface area (Å²) >= 11 is 0. The second-order valence-corrected chi connectivity index (χ2v) is 4.71. The molecule has 0 radical (unpaired) electrons. The second-order valence-electron chi connectivity index (χ2n) is 4.71. The monoisotopic (exact) mass is 258 g/mol. The first-order chi connectivity index (χ1) is 9.36. The molecule has 1 N–H and O–H groups in total. The maximum atomic E-state index is 4.34. The molecule has 6 heteroatoms. The molecular weight excluding hydrogens is 240 g/mol. The predicted octanol–water partition coefficient (Wildman–Crippen LogP) is 0.677. The zero-order chi connectivity index (χ0) is 13.1. The van der Waals surface area contributed by atoms with Crippen molar-refractivity contribution in [1.82, 2.24) is 25.1 Å². The molecule has 1 aliphatic rings. The molecule has 6 nitrogen and oxygen atoms in total. The SMILES string of the molecule is Cn1c(-c2cccnc2)nnc1N1CCCNCC1. The molecule has 0 unspecified atom stereocenters. The molecule has 0 amide bonds. The number of hydrogen-bond acceptors (Lipinski definition) is 5. The van der Waals surface area contributed by atoms with Crippen molar-refractivity contribution in [3.05, 3.63) is 24.5 Å². The number of hydrogen-bond donors (Lipinski definition) is 1. The van der Waals surface area contributed by atoms with Gasteiger partial charge in [-0.25, -0.2) is 0 Å². The first-order valence-corrected chi connectivity index (χ1v) is 6.62. The van der Waals surface area contributed by atoms with Gasteiger partial charge >= 0.3 is 0 Å². The highest BCUT2D eigenvalue weighted by Gasteiger charge is 2.17. The molecule has 0 saturated carbocycles. The molecular formula is C13H18N6. The van der Waals surface area contributed by atoms with Crippen LogP contribution < -0.4 is 10.2 Å². The van der Waals surface area contributed by atoms with Gasteiger partial charge in [-0.3, -0.25) is 9.55 Å². The van der Waals surface area contributed by atoms with Gasteiger partial charge in [0.25, 0.3) is 0 Å². The summed E-state index contributed by atoms with van der Waals surface area (Å²) in [6.07, 6.45) is 4.72. The molecule has 19 heavy (non-hydrogen) atoms. The van der Waals surface area contributed by atoms with Crippen LogP contribution in [-0.4, -0.2) is 45.9 Å². The molecule has 0 aromatic carbocycles. The summed E-state index contributed by atoms with van der Waals surface area (Å²) in [6.45, 7) is 4.06. The first kappa shape index (κ1) is 12.1. The molecule has 1 aliphatic heterocycles. The maximum absolute atomic E-state index is 4.34. The van der Waals surface area contributed by atoms with Crippen LogP contribution in [0.5, 0.6) is 0 Å². The number of anilines is 1. The molecule has 2 aromatic heterocycles. The van der Waals surface area contributed by atoms with Crippen LogP contribution in [0.4, 0.5) is 5.95 Å². The summed E-state index contributed by atoms with van der Waals surface area (Å²) in [5.74, 6) is 1.79. The Morgan fingerprint density at radius 2 is 2.16 bits per heavy atom. The Balaban J connectivity index is 1.90. The Morgan fingerprint density at radius 3 is 3.00 bits per heavy atom. The fourth-order valence-electron chi connectivity index (χ4n) is 2.39. The minimum Gasteiger partial charge on any atom is -0.340 e. The van der Waals surface area contributed by atoms with Crippen molar-refractivity contribution in [2.75, 3.05) is 31.1 Å². The van der Waals surface area contributed by atoms with Crippen LogP contribution in [0.2, 0.25) is 0 Å². The Morgan fingerprint density at radius 1 is 1.21 bits per heavy atom. The van der Waals surface area contributed by atoms with Crippen molar-refractivity contribution >= 4 is 5.95 Å². The van der Waals surface area contributed by atoms with Crippen molar-refractivity contribution in [3.63, 3.8) is 0 Å². The summed E-state index contributed by atoms with van der Waals surface area (Å²) in [5.41, 5.74) is 0.997. The van der Waals surface area contributed by atoms with Gasteiger partial charge in [-0.2, -0.15) is 0 Å². The van der Waals surface area contributed by atoms with E-state index in [1.54, 1.807) is 6.20 Å². The van der Waals surface area contributed by atoms with Crippen molar-refractivity contribution in [1.29, 1.82) is 0 Å². The lowest BCUT2D eigenvalue weighted by molar-refractivity contribution is 0.724. The van der Waals surface area contributed by atoms with Gasteiger partial charge < -0.3 is 10.2 Å². The molecule has 100 valence electrons. The van der Waals surface area contributed by atoms with E-state index < -0.39 is 0 Å². The largest absolute Gasteiger partial charge is 0.340 e. The standard InChI is InChI=1S/C13H18N6/c1-18-12(11-4-2-5-15-10-11)16-17-13(18)19-8-3-6-14-7-9-19/h2,4-5,10,14H,3,6-9H2,1H3. The topological polar surface area (TPSA) is 58.9 Å². The minimum absolute atomic E-state index is 0.861. The molecule has 0 bridgehead atoms. The number of pyridine rings is 1. The fraction of sp³-hybridized carbons (Fsp3) is 0.462. The number of rotatable bonds is 2. The lowest BCUT2D eigenvalue weighted by Gasteiger charge is -2.20. The summed E-state index contributed by atoms with van der Waals surface area (Å²) in [4.78, 5) is 6.42. The van der Waals surface area contributed by atoms with Gasteiger partial charge in [-0.15, -0.1) is 10.2 Å². The van der Waals surface area contributed by atoms with E-state index in [1.165, 1.54) is 0 Å². The molecule has 0 atom stereocenters. The lowest BCUT2D eigenvalue weighted by Crippen LogP contribution is -2.30. The van der Waals surface area contributed by atoms with E-state index in [4.69, 9.17) is 0 Å². The van der Waals surface area contributed by atoms with Crippen molar-refractivity contribution in [2.45, 2.75) is 6.42 Å². The Labute approximate surface area is 112 Å². The van der Waals surface area contributed by atoms with E-state index in [9.17, 15) is 0 Å². The third-order valence-electron chi connectivity index (χ3n) is 3.39. The van der Waals surface area contributed by atoms with Crippen LogP contribution in [0.15, 0.2) is 24.5 Å². The molecule has 1 fully saturated rings. The average Bonchev–Trinajstić information content (AvgIpc) is 2.67. The highest BCUT2D eigenvalue weighted by molar-refractivity contribution is 5.56. The fourth-order valence-corrected chi connectivity index (χ4v) is 2.39. The number of nitrogens with zero attached hydrogens (tertiary/aromatic N) is 5. The van der Waals surface area contributed by atoms with Gasteiger partial charge in [0.15, 0.2) is 5.82 Å². The van der Waals surface area contributed by atoms with Gasteiger partial charge in [0.1, 0.15) is 0 Å². The number of aromatic nitrogens is 4. The van der Waals surface area contributed by atoms with Gasteiger partial charge in [0.05, 0.1) is 0 Å². The van der Waals surface area contributed by atoms with Crippen molar-refractivity contribution < 1.29 is 0 Å². The molecule has 3 heterocycles. The van der Waals surface area contributed by atoms with Gasteiger partial charge in [0.2, 0.25) is 5.95 Å². The highest BCUT2D eigenvalue weighted by atomic mass is 15.4. The summed E-state index contributed by atoms with van der Waals surface area (Å²) in [6, 6.07) is 3.92. The normalized spacial score (nSPS) is 16.4. The maximum Gasteiger partial charge on any atom is 0.227 e. The van der Waals surface area contributed by atoms with E-state index >= 15 is 0 Å². The van der Waals surface area contributed by atoms with Gasteiger partial charge in [0, 0.05) is 44.6 Å². The lowest BCUT2D eigenvalue weighted by atomic mass is 10.3. The summed E-state index contributed by atoms with van der Waals surface area (Å²) < 4.78 is 2.04. The Bertz CT molecular complexity index is 527. The average molecular weight is 258 g/mol. The van der Waals surface area contributed by atoms with Crippen LogP contribution in [0.25, 0.3) is 11.4 Å². The van der Waals surface area contributed by atoms with Crippen LogP contribution in [-0.2, 0) is 7.05 Å². The minimum atomic E-state index is 0.861. The third kappa shape index (κ3) is 2.44. The quantitative estimate of drug-likeness (QED) is 0.858. The Hall–Kier alpha value is -1.95.